The molecule has 224 valence electrons. The molecule has 1 aliphatic heterocycles. The lowest BCUT2D eigenvalue weighted by atomic mass is 9.44. The third kappa shape index (κ3) is 5.55. The maximum Gasteiger partial charge on any atom is 0.358 e. The lowest BCUT2D eigenvalue weighted by Crippen LogP contribution is -2.59. The number of Topliss-reactive ketones (excluding diaryl/α,β-unsaturated/α-hetero) is 1. The SMILES string of the molecule is C=C1CC[C@H]2[C@](C)(CCC=C(C)C)[C@@H](OC(=O)[C@H](O)C(C)C)CC[C@]2(C)[C@@H]1C[C@@]1(C(=O)OC)OC(C)=C(C)C1=O. The number of carbonyl (C=O) groups excluding carboxylic acids is 3. The summed E-state index contributed by atoms with van der Waals surface area (Å²) in [6.07, 6.45) is 5.48. The van der Waals surface area contributed by atoms with Gasteiger partial charge >= 0.3 is 11.9 Å². The summed E-state index contributed by atoms with van der Waals surface area (Å²) in [5.74, 6) is -1.42. The number of esters is 2. The molecule has 3 aliphatic rings. The summed E-state index contributed by atoms with van der Waals surface area (Å²) < 4.78 is 17.3. The van der Waals surface area contributed by atoms with E-state index in [2.05, 4.69) is 40.3 Å². The Morgan fingerprint density at radius 2 is 1.85 bits per heavy atom. The smallest absolute Gasteiger partial charge is 0.358 e. The number of aliphatic hydroxyl groups excluding tert-OH is 1. The normalized spacial score (nSPS) is 34.7. The first-order valence-corrected chi connectivity index (χ1v) is 14.7. The van der Waals surface area contributed by atoms with Gasteiger partial charge in [0.25, 0.3) is 5.60 Å². The summed E-state index contributed by atoms with van der Waals surface area (Å²) in [7, 11) is 1.29. The zero-order chi connectivity index (χ0) is 30.2. The maximum atomic E-state index is 13.5. The molecular formula is C33H50O7. The predicted octanol–water partition coefficient (Wildman–Crippen LogP) is 6.25. The van der Waals surface area contributed by atoms with Gasteiger partial charge in [-0.05, 0) is 89.4 Å². The van der Waals surface area contributed by atoms with E-state index in [1.54, 1.807) is 27.7 Å². The molecule has 2 saturated carbocycles. The Morgan fingerprint density at radius 3 is 2.38 bits per heavy atom. The predicted molar refractivity (Wildman–Crippen MR) is 154 cm³/mol. The van der Waals surface area contributed by atoms with E-state index in [1.807, 2.05) is 0 Å². The summed E-state index contributed by atoms with van der Waals surface area (Å²) in [6, 6.07) is 0. The summed E-state index contributed by atoms with van der Waals surface area (Å²) in [5.41, 5.74) is 0.273. The van der Waals surface area contributed by atoms with E-state index in [9.17, 15) is 19.5 Å². The average Bonchev–Trinajstić information content (AvgIpc) is 3.10. The molecule has 40 heavy (non-hydrogen) atoms. The highest BCUT2D eigenvalue weighted by Gasteiger charge is 2.63. The molecule has 7 heteroatoms. The summed E-state index contributed by atoms with van der Waals surface area (Å²) >= 11 is 0. The average molecular weight is 559 g/mol. The van der Waals surface area contributed by atoms with E-state index in [0.717, 1.165) is 37.7 Å². The first-order chi connectivity index (χ1) is 18.5. The van der Waals surface area contributed by atoms with E-state index < -0.39 is 23.6 Å². The van der Waals surface area contributed by atoms with Gasteiger partial charge in [0.05, 0.1) is 7.11 Å². The van der Waals surface area contributed by atoms with Crippen molar-refractivity contribution in [3.8, 4) is 0 Å². The van der Waals surface area contributed by atoms with Gasteiger partial charge in [-0.15, -0.1) is 0 Å². The third-order valence-corrected chi connectivity index (χ3v) is 10.3. The van der Waals surface area contributed by atoms with Crippen molar-refractivity contribution in [2.45, 2.75) is 118 Å². The van der Waals surface area contributed by atoms with Crippen molar-refractivity contribution in [3.63, 3.8) is 0 Å². The Morgan fingerprint density at radius 1 is 1.20 bits per heavy atom. The molecule has 0 unspecified atom stereocenters. The second-order valence-electron chi connectivity index (χ2n) is 13.4. The second kappa shape index (κ2) is 11.8. The first kappa shape index (κ1) is 32.1. The molecule has 7 nitrogen and oxygen atoms in total. The van der Waals surface area contributed by atoms with Crippen LogP contribution in [0.15, 0.2) is 35.1 Å². The van der Waals surface area contributed by atoms with E-state index in [1.165, 1.54) is 12.7 Å². The number of fused-ring (bicyclic) bond motifs is 1. The largest absolute Gasteiger partial charge is 0.471 e. The monoisotopic (exact) mass is 558 g/mol. The Hall–Kier alpha value is -2.41. The quantitative estimate of drug-likeness (QED) is 0.203. The molecule has 0 aromatic rings. The van der Waals surface area contributed by atoms with E-state index in [0.29, 0.717) is 17.8 Å². The van der Waals surface area contributed by atoms with Gasteiger partial charge in [-0.2, -0.15) is 0 Å². The zero-order valence-electron chi connectivity index (χ0n) is 26.0. The minimum absolute atomic E-state index is 0.130. The number of aliphatic hydroxyl groups is 1. The van der Waals surface area contributed by atoms with Crippen LogP contribution < -0.4 is 0 Å². The van der Waals surface area contributed by atoms with E-state index in [4.69, 9.17) is 14.2 Å². The van der Waals surface area contributed by atoms with Gasteiger partial charge in [0.1, 0.15) is 11.9 Å². The topological polar surface area (TPSA) is 99.1 Å². The van der Waals surface area contributed by atoms with Crippen molar-refractivity contribution in [1.82, 2.24) is 0 Å². The van der Waals surface area contributed by atoms with Crippen molar-refractivity contribution in [1.29, 1.82) is 0 Å². The van der Waals surface area contributed by atoms with Gasteiger partial charge < -0.3 is 19.3 Å². The molecule has 2 fully saturated rings. The van der Waals surface area contributed by atoms with Crippen LogP contribution in [0.5, 0.6) is 0 Å². The number of methoxy groups -OCH3 is 1. The van der Waals surface area contributed by atoms with Gasteiger partial charge in [0.15, 0.2) is 6.10 Å². The lowest BCUT2D eigenvalue weighted by Gasteiger charge is -2.61. The Balaban J connectivity index is 2.03. The number of hydrogen-bond donors (Lipinski definition) is 1. The van der Waals surface area contributed by atoms with Crippen LogP contribution in [0.1, 0.15) is 100 Å². The molecule has 0 aromatic carbocycles. The fraction of sp³-hybridized carbons (Fsp3) is 0.727. The van der Waals surface area contributed by atoms with Crippen LogP contribution in [0.3, 0.4) is 0 Å². The number of ether oxygens (including phenoxy) is 3. The fourth-order valence-corrected chi connectivity index (χ4v) is 7.68. The molecule has 7 atom stereocenters. The van der Waals surface area contributed by atoms with Crippen LogP contribution >= 0.6 is 0 Å². The number of ketones is 1. The van der Waals surface area contributed by atoms with Crippen molar-refractivity contribution in [2.24, 2.45) is 28.6 Å². The minimum Gasteiger partial charge on any atom is -0.471 e. The standard InChI is InChI=1S/C33H50O7/c1-19(2)12-11-16-32(9)25-14-13-21(5)24(18-33(30(37)38-10)28(35)22(6)23(7)40-33)31(25,8)17-15-26(32)39-29(36)27(34)20(3)4/h12,20,24-27,34H,5,11,13-18H2,1-4,6-10H3/t24-,25-,26+,27-,31-,32+,33-/m1/s1. The van der Waals surface area contributed by atoms with Gasteiger partial charge in [0, 0.05) is 17.4 Å². The molecule has 0 spiro atoms. The van der Waals surface area contributed by atoms with Crippen LogP contribution in [0.25, 0.3) is 0 Å². The molecule has 0 radical (unpaired) electrons. The number of hydrogen-bond acceptors (Lipinski definition) is 7. The highest BCUT2D eigenvalue weighted by molar-refractivity contribution is 6.16. The van der Waals surface area contributed by atoms with Crippen LogP contribution in [0, 0.1) is 28.6 Å². The first-order valence-electron chi connectivity index (χ1n) is 14.7. The molecule has 2 aliphatic carbocycles. The summed E-state index contributed by atoms with van der Waals surface area (Å²) in [4.78, 5) is 39.6. The van der Waals surface area contributed by atoms with Crippen LogP contribution in [-0.4, -0.2) is 47.7 Å². The van der Waals surface area contributed by atoms with Gasteiger partial charge in [0.2, 0.25) is 5.78 Å². The van der Waals surface area contributed by atoms with Crippen molar-refractivity contribution in [2.75, 3.05) is 7.11 Å². The lowest BCUT2D eigenvalue weighted by molar-refractivity contribution is -0.194. The second-order valence-corrected chi connectivity index (χ2v) is 13.4. The maximum absolute atomic E-state index is 13.5. The molecule has 0 bridgehead atoms. The molecule has 3 rings (SSSR count). The minimum atomic E-state index is -1.72. The highest BCUT2D eigenvalue weighted by atomic mass is 16.6. The van der Waals surface area contributed by atoms with Crippen molar-refractivity contribution < 1.29 is 33.7 Å². The zero-order valence-corrected chi connectivity index (χ0v) is 26.0. The Labute approximate surface area is 240 Å². The van der Waals surface area contributed by atoms with Crippen molar-refractivity contribution in [3.05, 3.63) is 35.1 Å². The Bertz CT molecular complexity index is 1100. The van der Waals surface area contributed by atoms with Gasteiger partial charge in [-0.1, -0.05) is 51.5 Å². The van der Waals surface area contributed by atoms with Crippen LogP contribution in [0.4, 0.5) is 0 Å². The third-order valence-electron chi connectivity index (χ3n) is 10.3. The van der Waals surface area contributed by atoms with Gasteiger partial charge in [-0.3, -0.25) is 4.79 Å². The fourth-order valence-electron chi connectivity index (χ4n) is 7.68. The molecular weight excluding hydrogens is 508 g/mol. The molecule has 0 saturated heterocycles. The van der Waals surface area contributed by atoms with Crippen molar-refractivity contribution >= 4 is 17.7 Å². The molecule has 0 aromatic heterocycles. The van der Waals surface area contributed by atoms with E-state index in [-0.39, 0.29) is 46.9 Å². The number of rotatable bonds is 9. The Kier molecular flexibility index (Phi) is 9.50. The molecule has 1 heterocycles. The van der Waals surface area contributed by atoms with E-state index >= 15 is 0 Å². The number of allylic oxidation sites excluding steroid dienone is 4. The number of carbonyl (C=O) groups is 3. The molecule has 1 N–H and O–H groups in total. The van der Waals surface area contributed by atoms with Crippen LogP contribution in [0.2, 0.25) is 0 Å². The molecule has 0 amide bonds. The summed E-state index contributed by atoms with van der Waals surface area (Å²) in [5, 5.41) is 10.4. The van der Waals surface area contributed by atoms with Crippen LogP contribution in [-0.2, 0) is 28.6 Å². The highest BCUT2D eigenvalue weighted by Crippen LogP contribution is 2.64. The van der Waals surface area contributed by atoms with Gasteiger partial charge in [-0.25, -0.2) is 9.59 Å². The summed E-state index contributed by atoms with van der Waals surface area (Å²) in [6.45, 7) is 20.0.